The summed E-state index contributed by atoms with van der Waals surface area (Å²) in [4.78, 5) is 24.6. The lowest BCUT2D eigenvalue weighted by Crippen LogP contribution is -2.02. The highest BCUT2D eigenvalue weighted by molar-refractivity contribution is 6.19. The van der Waals surface area contributed by atoms with Gasteiger partial charge in [0.1, 0.15) is 0 Å². The second-order valence-electron chi connectivity index (χ2n) is 25.2. The summed E-state index contributed by atoms with van der Waals surface area (Å²) in [7, 11) is 0. The number of pyridine rings is 1. The van der Waals surface area contributed by atoms with E-state index in [1.807, 2.05) is 55.1 Å². The fourth-order valence-electron chi connectivity index (χ4n) is 14.3. The van der Waals surface area contributed by atoms with Crippen LogP contribution in [0.1, 0.15) is 0 Å². The second kappa shape index (κ2) is 25.6. The van der Waals surface area contributed by atoms with Crippen molar-refractivity contribution < 1.29 is 0 Å². The van der Waals surface area contributed by atoms with Gasteiger partial charge in [0.15, 0.2) is 0 Å². The molecule has 0 fully saturated rings. The van der Waals surface area contributed by atoms with E-state index in [0.29, 0.717) is 11.9 Å². The first kappa shape index (κ1) is 59.0. The lowest BCUT2D eigenvalue weighted by Gasteiger charge is -2.11. The van der Waals surface area contributed by atoms with Crippen molar-refractivity contribution in [1.82, 2.24) is 34.1 Å². The van der Waals surface area contributed by atoms with Crippen molar-refractivity contribution >= 4 is 65.2 Å². The molecular weight excluding hydrogens is 1220 g/mol. The van der Waals surface area contributed by atoms with E-state index in [-0.39, 0.29) is 0 Å². The fourth-order valence-corrected chi connectivity index (χ4v) is 14.3. The van der Waals surface area contributed by atoms with Gasteiger partial charge in [-0.2, -0.15) is 0 Å². The second-order valence-corrected chi connectivity index (χ2v) is 25.2. The third kappa shape index (κ3) is 11.1. The monoisotopic (exact) mass is 1280 g/mol. The number of aromatic nitrogens is 7. The number of hydrogen-bond acceptors (Lipinski definition) is 5. The van der Waals surface area contributed by atoms with Gasteiger partial charge in [-0.3, -0.25) is 14.1 Å². The van der Waals surface area contributed by atoms with E-state index < -0.39 is 0 Å². The smallest absolute Gasteiger partial charge is 0.235 e. The molecule has 0 radical (unpaired) electrons. The average Bonchev–Trinajstić information content (AvgIpc) is 1.58. The van der Waals surface area contributed by atoms with Gasteiger partial charge in [0.25, 0.3) is 0 Å². The standard InChI is InChI=1S/C50H33N3.C43H28N4/c1-3-10-34(11-4-1)36-18-22-38(23-19-36)41-15-9-16-43(32-41)47-30-31-51-50(52-47)53-48-29-27-42(39-24-20-37(21-25-39)35-12-5-2-6-13-35)33-46(48)45-28-26-40-14-7-8-17-44(40)49(45)53;1-2-10-30(11-3-1)36-14-6-7-15-37(36)31-19-17-29(18-20-31)35-27-45-43(46-28-35)47-41-22-21-34(40-16-8-9-23-44-40)25-38(41)39-24-32-12-4-5-13-33(32)26-42(39)47/h1-33H;1-28H. The Morgan fingerprint density at radius 3 is 1.30 bits per heavy atom. The maximum absolute atomic E-state index is 5.25. The summed E-state index contributed by atoms with van der Waals surface area (Å²) in [6.07, 6.45) is 7.57. The van der Waals surface area contributed by atoms with Crippen molar-refractivity contribution in [3.63, 3.8) is 0 Å². The molecule has 7 heteroatoms. The van der Waals surface area contributed by atoms with Crippen LogP contribution in [0.3, 0.4) is 0 Å². The first-order chi connectivity index (χ1) is 49.6. The SMILES string of the molecule is c1ccc(-c2ccc(-c3cccc(-c4ccnc(-n5c6ccc(-c7ccc(-c8ccccc8)cc7)cc6c6ccc7ccccc7c65)n4)c3)cc2)cc1.c1ccc(-c2ccccc2-c2ccc(-c3cnc(-n4c5ccc(-c6ccccn6)cc5c5cc6ccccc6cc54)nc3)cc2)cc1. The van der Waals surface area contributed by atoms with Crippen LogP contribution in [0.25, 0.3) is 177 Å². The van der Waals surface area contributed by atoms with Crippen molar-refractivity contribution in [3.8, 4) is 112 Å². The van der Waals surface area contributed by atoms with Crippen molar-refractivity contribution in [2.45, 2.75) is 0 Å². The van der Waals surface area contributed by atoms with Crippen LogP contribution < -0.4 is 0 Å². The van der Waals surface area contributed by atoms with Crippen LogP contribution in [0, 0.1) is 0 Å². The minimum absolute atomic E-state index is 0.642. The van der Waals surface area contributed by atoms with Crippen LogP contribution >= 0.6 is 0 Å². The summed E-state index contributed by atoms with van der Waals surface area (Å²) in [5.74, 6) is 1.29. The molecule has 19 aromatic rings. The van der Waals surface area contributed by atoms with Gasteiger partial charge >= 0.3 is 0 Å². The molecule has 0 aliphatic carbocycles. The molecule has 0 saturated carbocycles. The molecule has 5 heterocycles. The molecule has 100 heavy (non-hydrogen) atoms. The molecule has 0 N–H and O–H groups in total. The van der Waals surface area contributed by atoms with Gasteiger partial charge in [-0.25, -0.2) is 19.9 Å². The quantitative estimate of drug-likeness (QED) is 0.129. The van der Waals surface area contributed by atoms with Gasteiger partial charge in [-0.1, -0.05) is 285 Å². The first-order valence-corrected chi connectivity index (χ1v) is 33.7. The van der Waals surface area contributed by atoms with Crippen molar-refractivity contribution in [3.05, 3.63) is 371 Å². The Morgan fingerprint density at radius 1 is 0.200 bits per heavy atom. The molecule has 0 bridgehead atoms. The predicted molar refractivity (Wildman–Crippen MR) is 414 cm³/mol. The van der Waals surface area contributed by atoms with Crippen LogP contribution in [0.4, 0.5) is 0 Å². The molecule has 19 rings (SSSR count). The first-order valence-electron chi connectivity index (χ1n) is 33.7. The van der Waals surface area contributed by atoms with Gasteiger partial charge in [0.2, 0.25) is 11.9 Å². The minimum atomic E-state index is 0.642. The van der Waals surface area contributed by atoms with Crippen molar-refractivity contribution in [2.24, 2.45) is 0 Å². The van der Waals surface area contributed by atoms with Gasteiger partial charge < -0.3 is 0 Å². The summed E-state index contributed by atoms with van der Waals surface area (Å²) in [6, 6.07) is 122. The molecular formula is C93H61N7. The average molecular weight is 1280 g/mol. The third-order valence-corrected chi connectivity index (χ3v) is 19.3. The highest BCUT2D eigenvalue weighted by Gasteiger charge is 2.21. The van der Waals surface area contributed by atoms with E-state index in [9.17, 15) is 0 Å². The maximum atomic E-state index is 5.25. The van der Waals surface area contributed by atoms with E-state index in [4.69, 9.17) is 19.9 Å². The van der Waals surface area contributed by atoms with Crippen LogP contribution in [-0.4, -0.2) is 34.1 Å². The summed E-state index contributed by atoms with van der Waals surface area (Å²) in [5.41, 5.74) is 24.7. The molecule has 0 amide bonds. The van der Waals surface area contributed by atoms with Crippen molar-refractivity contribution in [2.75, 3.05) is 0 Å². The van der Waals surface area contributed by atoms with E-state index in [2.05, 4.69) is 330 Å². The Balaban J connectivity index is 0.000000145. The molecule has 0 atom stereocenters. The largest absolute Gasteiger partial charge is 0.278 e. The molecule has 0 aliphatic heterocycles. The molecule has 5 aromatic heterocycles. The Hall–Kier alpha value is -13.5. The number of rotatable bonds is 11. The van der Waals surface area contributed by atoms with Crippen molar-refractivity contribution in [1.29, 1.82) is 0 Å². The van der Waals surface area contributed by atoms with Crippen LogP contribution in [0.5, 0.6) is 0 Å². The van der Waals surface area contributed by atoms with E-state index >= 15 is 0 Å². The Kier molecular flexibility index (Phi) is 15.1. The predicted octanol–water partition coefficient (Wildman–Crippen LogP) is 23.9. The molecule has 14 aromatic carbocycles. The van der Waals surface area contributed by atoms with Gasteiger partial charge in [0, 0.05) is 68.4 Å². The number of benzene rings is 14. The molecule has 0 spiro atoms. The molecule has 0 aliphatic rings. The van der Waals surface area contributed by atoms with Gasteiger partial charge in [-0.15, -0.1) is 0 Å². The zero-order valence-corrected chi connectivity index (χ0v) is 54.3. The highest BCUT2D eigenvalue weighted by Crippen LogP contribution is 2.41. The third-order valence-electron chi connectivity index (χ3n) is 19.3. The Labute approximate surface area is 578 Å². The summed E-state index contributed by atoms with van der Waals surface area (Å²) in [5, 5.41) is 9.39. The van der Waals surface area contributed by atoms with Crippen LogP contribution in [0.2, 0.25) is 0 Å². The van der Waals surface area contributed by atoms with Gasteiger partial charge in [-0.05, 0) is 149 Å². The maximum Gasteiger partial charge on any atom is 0.235 e. The lowest BCUT2D eigenvalue weighted by atomic mass is 9.94. The van der Waals surface area contributed by atoms with E-state index in [0.717, 1.165) is 72.0 Å². The summed E-state index contributed by atoms with van der Waals surface area (Å²) >= 11 is 0. The number of nitrogens with zero attached hydrogens (tertiary/aromatic N) is 7. The molecule has 468 valence electrons. The topological polar surface area (TPSA) is 74.3 Å². The normalized spacial score (nSPS) is 11.4. The number of hydrogen-bond donors (Lipinski definition) is 0. The van der Waals surface area contributed by atoms with Gasteiger partial charge in [0.05, 0.1) is 33.5 Å². The molecule has 0 saturated heterocycles. The van der Waals surface area contributed by atoms with E-state index in [1.165, 1.54) is 93.5 Å². The Bertz CT molecular complexity index is 6210. The lowest BCUT2D eigenvalue weighted by molar-refractivity contribution is 0.990. The summed E-state index contributed by atoms with van der Waals surface area (Å²) < 4.78 is 4.41. The number of fused-ring (bicyclic) bond motifs is 9. The molecule has 7 nitrogen and oxygen atoms in total. The zero-order valence-electron chi connectivity index (χ0n) is 54.3. The van der Waals surface area contributed by atoms with Crippen LogP contribution in [0.15, 0.2) is 371 Å². The fraction of sp³-hybridized carbons (Fsp3) is 0. The minimum Gasteiger partial charge on any atom is -0.278 e. The zero-order chi connectivity index (χ0) is 66.3. The molecule has 0 unspecified atom stereocenters. The Morgan fingerprint density at radius 2 is 0.650 bits per heavy atom. The van der Waals surface area contributed by atoms with Crippen LogP contribution in [-0.2, 0) is 0 Å². The summed E-state index contributed by atoms with van der Waals surface area (Å²) in [6.45, 7) is 0. The highest BCUT2D eigenvalue weighted by atomic mass is 15.2. The van der Waals surface area contributed by atoms with E-state index in [1.54, 1.807) is 0 Å².